The molecule has 2 saturated heterocycles. The van der Waals surface area contributed by atoms with Crippen molar-refractivity contribution in [2.75, 3.05) is 74.7 Å². The number of morpholine rings is 2. The minimum Gasteiger partial charge on any atom is -0.378 e. The van der Waals surface area contributed by atoms with E-state index in [4.69, 9.17) is 25.2 Å². The SMILES string of the molecule is Nc1ncc(-c2nc(N3CCOCC3)nc3c2CCN3c2cccc(C(=O)N3CCOCC3)c2)cn1. The van der Waals surface area contributed by atoms with Gasteiger partial charge in [0.25, 0.3) is 5.91 Å². The van der Waals surface area contributed by atoms with Crippen LogP contribution in [0.4, 0.5) is 23.4 Å². The Hall–Kier alpha value is -3.83. The molecule has 0 spiro atoms. The molecule has 11 nitrogen and oxygen atoms in total. The van der Waals surface area contributed by atoms with Gasteiger partial charge in [-0.3, -0.25) is 4.79 Å². The lowest BCUT2D eigenvalue weighted by molar-refractivity contribution is 0.0303. The number of nitrogens with zero attached hydrogens (tertiary/aromatic N) is 7. The summed E-state index contributed by atoms with van der Waals surface area (Å²) in [7, 11) is 0. The van der Waals surface area contributed by atoms with Crippen LogP contribution in [0.15, 0.2) is 36.7 Å². The number of benzene rings is 1. The third-order valence-electron chi connectivity index (χ3n) is 6.76. The number of rotatable bonds is 4. The van der Waals surface area contributed by atoms with E-state index in [0.717, 1.165) is 54.4 Å². The highest BCUT2D eigenvalue weighted by molar-refractivity contribution is 5.95. The number of nitrogen functional groups attached to an aromatic ring is 1. The fourth-order valence-corrected chi connectivity index (χ4v) is 4.85. The smallest absolute Gasteiger partial charge is 0.254 e. The Balaban J connectivity index is 1.39. The van der Waals surface area contributed by atoms with Crippen LogP contribution in [0.2, 0.25) is 0 Å². The van der Waals surface area contributed by atoms with Gasteiger partial charge in [-0.25, -0.2) is 15.0 Å². The molecular formula is C25H28N8O3. The summed E-state index contributed by atoms with van der Waals surface area (Å²) in [6.45, 7) is 5.81. The van der Waals surface area contributed by atoms with Crippen LogP contribution in [0.5, 0.6) is 0 Å². The highest BCUT2D eigenvalue weighted by Crippen LogP contribution is 2.39. The quantitative estimate of drug-likeness (QED) is 0.578. The second kappa shape index (κ2) is 9.67. The predicted molar refractivity (Wildman–Crippen MR) is 134 cm³/mol. The molecule has 1 aromatic carbocycles. The lowest BCUT2D eigenvalue weighted by Gasteiger charge is -2.29. The van der Waals surface area contributed by atoms with Crippen molar-refractivity contribution in [1.82, 2.24) is 24.8 Å². The van der Waals surface area contributed by atoms with Crippen LogP contribution in [0.1, 0.15) is 15.9 Å². The molecule has 3 aliphatic rings. The van der Waals surface area contributed by atoms with E-state index in [2.05, 4.69) is 19.8 Å². The molecule has 0 bridgehead atoms. The average Bonchev–Trinajstić information content (AvgIpc) is 3.38. The molecule has 2 fully saturated rings. The van der Waals surface area contributed by atoms with Crippen molar-refractivity contribution in [3.63, 3.8) is 0 Å². The molecular weight excluding hydrogens is 460 g/mol. The molecule has 11 heteroatoms. The van der Waals surface area contributed by atoms with Crippen molar-refractivity contribution >= 4 is 29.3 Å². The van der Waals surface area contributed by atoms with E-state index in [1.807, 2.05) is 29.2 Å². The van der Waals surface area contributed by atoms with Gasteiger partial charge in [0.05, 0.1) is 32.1 Å². The van der Waals surface area contributed by atoms with Crippen LogP contribution in [-0.4, -0.2) is 89.9 Å². The lowest BCUT2D eigenvalue weighted by Crippen LogP contribution is -2.40. The van der Waals surface area contributed by atoms with Crippen LogP contribution in [0.3, 0.4) is 0 Å². The highest BCUT2D eigenvalue weighted by Gasteiger charge is 2.30. The van der Waals surface area contributed by atoms with Gasteiger partial charge in [0.2, 0.25) is 11.9 Å². The fraction of sp³-hybridized carbons (Fsp3) is 0.400. The Morgan fingerprint density at radius 2 is 1.64 bits per heavy atom. The van der Waals surface area contributed by atoms with Crippen LogP contribution in [0.25, 0.3) is 11.3 Å². The molecule has 2 aromatic heterocycles. The monoisotopic (exact) mass is 488 g/mol. The normalized spacial score (nSPS) is 17.8. The molecule has 186 valence electrons. The second-order valence-electron chi connectivity index (χ2n) is 8.96. The third kappa shape index (κ3) is 4.31. The standard InChI is InChI=1S/C25H28N8O3/c26-24-27-15-18(16-28-24)21-20-4-5-33(22(20)30-25(29-21)32-8-12-36-13-9-32)19-3-1-2-17(14-19)23(34)31-6-10-35-11-7-31/h1-3,14-16H,4-13H2,(H2,26,27,28). The van der Waals surface area contributed by atoms with E-state index in [1.165, 1.54) is 0 Å². The molecule has 2 N–H and O–H groups in total. The molecule has 3 aliphatic heterocycles. The Bertz CT molecular complexity index is 1260. The zero-order valence-corrected chi connectivity index (χ0v) is 20.0. The minimum atomic E-state index is 0.0241. The van der Waals surface area contributed by atoms with Gasteiger partial charge >= 0.3 is 0 Å². The van der Waals surface area contributed by atoms with Crippen LogP contribution < -0.4 is 15.5 Å². The Kier molecular flexibility index (Phi) is 6.08. The summed E-state index contributed by atoms with van der Waals surface area (Å²) in [5.74, 6) is 1.74. The van der Waals surface area contributed by atoms with Gasteiger partial charge in [0.15, 0.2) is 0 Å². The van der Waals surface area contributed by atoms with Crippen LogP contribution in [-0.2, 0) is 15.9 Å². The molecule has 3 aromatic rings. The summed E-state index contributed by atoms with van der Waals surface area (Å²) in [5, 5.41) is 0. The Labute approximate surface area is 208 Å². The molecule has 0 radical (unpaired) electrons. The first-order valence-corrected chi connectivity index (χ1v) is 12.2. The summed E-state index contributed by atoms with van der Waals surface area (Å²) in [6.07, 6.45) is 4.18. The number of ether oxygens (including phenoxy) is 2. The van der Waals surface area contributed by atoms with Crippen molar-refractivity contribution in [3.8, 4) is 11.3 Å². The third-order valence-corrected chi connectivity index (χ3v) is 6.76. The topological polar surface area (TPSA) is 123 Å². The van der Waals surface area contributed by atoms with E-state index >= 15 is 0 Å². The molecule has 0 saturated carbocycles. The molecule has 6 rings (SSSR count). The predicted octanol–water partition coefficient (Wildman–Crippen LogP) is 1.52. The van der Waals surface area contributed by atoms with Crippen molar-refractivity contribution in [2.24, 2.45) is 0 Å². The molecule has 5 heterocycles. The van der Waals surface area contributed by atoms with Gasteiger partial charge in [-0.05, 0) is 24.6 Å². The van der Waals surface area contributed by atoms with E-state index in [0.29, 0.717) is 51.0 Å². The first kappa shape index (κ1) is 22.6. The zero-order valence-electron chi connectivity index (χ0n) is 20.0. The number of carbonyl (C=O) groups excluding carboxylic acids is 1. The van der Waals surface area contributed by atoms with E-state index in [1.54, 1.807) is 12.4 Å². The lowest BCUT2D eigenvalue weighted by atomic mass is 10.1. The number of amides is 1. The number of anilines is 4. The van der Waals surface area contributed by atoms with E-state index in [-0.39, 0.29) is 11.9 Å². The summed E-state index contributed by atoms with van der Waals surface area (Å²) in [6, 6.07) is 7.78. The largest absolute Gasteiger partial charge is 0.378 e. The first-order valence-electron chi connectivity index (χ1n) is 12.2. The molecule has 1 amide bonds. The maximum absolute atomic E-state index is 13.1. The molecule has 0 aliphatic carbocycles. The average molecular weight is 489 g/mol. The summed E-state index contributed by atoms with van der Waals surface area (Å²) >= 11 is 0. The van der Waals surface area contributed by atoms with Gasteiger partial charge in [0.1, 0.15) is 5.82 Å². The first-order chi connectivity index (χ1) is 17.7. The Morgan fingerprint density at radius 1 is 0.917 bits per heavy atom. The van der Waals surface area contributed by atoms with Crippen molar-refractivity contribution in [1.29, 1.82) is 0 Å². The zero-order chi connectivity index (χ0) is 24.5. The van der Waals surface area contributed by atoms with E-state index in [9.17, 15) is 4.79 Å². The van der Waals surface area contributed by atoms with Crippen LogP contribution >= 0.6 is 0 Å². The van der Waals surface area contributed by atoms with Crippen LogP contribution in [0, 0.1) is 0 Å². The number of nitrogens with two attached hydrogens (primary N) is 1. The van der Waals surface area contributed by atoms with Crippen molar-refractivity contribution in [2.45, 2.75) is 6.42 Å². The van der Waals surface area contributed by atoms with Crippen molar-refractivity contribution in [3.05, 3.63) is 47.8 Å². The van der Waals surface area contributed by atoms with Gasteiger partial charge in [-0.1, -0.05) is 6.07 Å². The van der Waals surface area contributed by atoms with Gasteiger partial charge in [0, 0.05) is 67.5 Å². The molecule has 0 unspecified atom stereocenters. The highest BCUT2D eigenvalue weighted by atomic mass is 16.5. The maximum atomic E-state index is 13.1. The fourth-order valence-electron chi connectivity index (χ4n) is 4.85. The van der Waals surface area contributed by atoms with E-state index < -0.39 is 0 Å². The summed E-state index contributed by atoms with van der Waals surface area (Å²) < 4.78 is 10.9. The maximum Gasteiger partial charge on any atom is 0.254 e. The number of hydrogen-bond donors (Lipinski definition) is 1. The number of hydrogen-bond acceptors (Lipinski definition) is 10. The summed E-state index contributed by atoms with van der Waals surface area (Å²) in [5.41, 5.74) is 9.97. The minimum absolute atomic E-state index is 0.0241. The molecule has 0 atom stereocenters. The molecule has 36 heavy (non-hydrogen) atoms. The van der Waals surface area contributed by atoms with Gasteiger partial charge < -0.3 is 29.9 Å². The van der Waals surface area contributed by atoms with Gasteiger partial charge in [-0.2, -0.15) is 4.98 Å². The van der Waals surface area contributed by atoms with Crippen molar-refractivity contribution < 1.29 is 14.3 Å². The number of carbonyl (C=O) groups is 1. The Morgan fingerprint density at radius 3 is 2.39 bits per heavy atom. The second-order valence-corrected chi connectivity index (χ2v) is 8.96. The number of aromatic nitrogens is 4. The summed E-state index contributed by atoms with van der Waals surface area (Å²) in [4.78, 5) is 37.6. The van der Waals surface area contributed by atoms with Gasteiger partial charge in [-0.15, -0.1) is 0 Å². The number of fused-ring (bicyclic) bond motifs is 1.